The molecule has 0 spiro atoms. The van der Waals surface area contributed by atoms with Crippen LogP contribution < -0.4 is 5.32 Å². The number of carbonyl (C=O) groups excluding carboxylic acids is 3. The molecule has 0 bridgehead atoms. The summed E-state index contributed by atoms with van der Waals surface area (Å²) in [7, 11) is 0. The number of imide groups is 1. The molecule has 1 aliphatic heterocycles. The van der Waals surface area contributed by atoms with Crippen molar-refractivity contribution < 1.29 is 14.4 Å². The molecule has 5 nitrogen and oxygen atoms in total. The van der Waals surface area contributed by atoms with Gasteiger partial charge < -0.3 is 5.32 Å². The van der Waals surface area contributed by atoms with E-state index in [2.05, 4.69) is 12.2 Å². The average Bonchev–Trinajstić information content (AvgIpc) is 2.89. The monoisotopic (exact) mass is 374 g/mol. The second-order valence-electron chi connectivity index (χ2n) is 7.20. The highest BCUT2D eigenvalue weighted by molar-refractivity contribution is 7.98. The zero-order valence-corrected chi connectivity index (χ0v) is 16.2. The molecule has 26 heavy (non-hydrogen) atoms. The number of nitrogens with one attached hydrogen (secondary N) is 1. The highest BCUT2D eigenvalue weighted by Crippen LogP contribution is 2.28. The number of rotatable bonds is 6. The van der Waals surface area contributed by atoms with Gasteiger partial charge in [-0.2, -0.15) is 11.8 Å². The fraction of sp³-hybridized carbons (Fsp3) is 0.550. The molecule has 140 valence electrons. The van der Waals surface area contributed by atoms with E-state index in [9.17, 15) is 14.4 Å². The molecule has 1 heterocycles. The Morgan fingerprint density at radius 1 is 1.19 bits per heavy atom. The Morgan fingerprint density at radius 3 is 2.38 bits per heavy atom. The summed E-state index contributed by atoms with van der Waals surface area (Å²) in [4.78, 5) is 39.8. The summed E-state index contributed by atoms with van der Waals surface area (Å²) in [5.74, 6) is 0.224. The van der Waals surface area contributed by atoms with Gasteiger partial charge in [0, 0.05) is 6.04 Å². The fourth-order valence-electron chi connectivity index (χ4n) is 3.91. The van der Waals surface area contributed by atoms with E-state index in [0.29, 0.717) is 29.2 Å². The van der Waals surface area contributed by atoms with Gasteiger partial charge in [-0.05, 0) is 49.3 Å². The summed E-state index contributed by atoms with van der Waals surface area (Å²) in [6.45, 7) is 2.16. The van der Waals surface area contributed by atoms with Gasteiger partial charge in [-0.25, -0.2) is 0 Å². The third-order valence-electron chi connectivity index (χ3n) is 5.47. The van der Waals surface area contributed by atoms with Crippen LogP contribution in [0.4, 0.5) is 0 Å². The van der Waals surface area contributed by atoms with Crippen LogP contribution in [-0.2, 0) is 4.79 Å². The Bertz CT molecular complexity index is 671. The lowest BCUT2D eigenvalue weighted by Gasteiger charge is -2.32. The Balaban J connectivity index is 1.81. The van der Waals surface area contributed by atoms with Crippen LogP contribution in [0.5, 0.6) is 0 Å². The van der Waals surface area contributed by atoms with Gasteiger partial charge in [-0.3, -0.25) is 19.3 Å². The Labute approximate surface area is 158 Å². The summed E-state index contributed by atoms with van der Waals surface area (Å²) in [5, 5.41) is 3.13. The molecule has 0 unspecified atom stereocenters. The van der Waals surface area contributed by atoms with Gasteiger partial charge in [-0.1, -0.05) is 31.9 Å². The van der Waals surface area contributed by atoms with Gasteiger partial charge in [0.15, 0.2) is 0 Å². The Hall–Kier alpha value is -1.82. The molecule has 1 aromatic carbocycles. The lowest BCUT2D eigenvalue weighted by atomic mass is 9.86. The number of hydrogen-bond acceptors (Lipinski definition) is 4. The number of fused-ring (bicyclic) bond motifs is 1. The molecule has 3 rings (SSSR count). The molecule has 0 saturated heterocycles. The van der Waals surface area contributed by atoms with Crippen LogP contribution >= 0.6 is 11.8 Å². The fourth-order valence-corrected chi connectivity index (χ4v) is 4.37. The van der Waals surface area contributed by atoms with E-state index in [1.54, 1.807) is 36.0 Å². The lowest BCUT2D eigenvalue weighted by Crippen LogP contribution is -2.53. The topological polar surface area (TPSA) is 66.5 Å². The first-order valence-corrected chi connectivity index (χ1v) is 10.7. The van der Waals surface area contributed by atoms with Crippen LogP contribution in [0.25, 0.3) is 0 Å². The SMILES string of the molecule is CSCC[C@H](C(=O)N[C@@H]1CCCC[C@@H]1C)N1C(=O)c2ccccc2C1=O. The van der Waals surface area contributed by atoms with E-state index in [1.807, 2.05) is 6.26 Å². The number of hydrogen-bond donors (Lipinski definition) is 1. The molecule has 1 aliphatic carbocycles. The van der Waals surface area contributed by atoms with Gasteiger partial charge >= 0.3 is 0 Å². The first-order valence-electron chi connectivity index (χ1n) is 9.30. The van der Waals surface area contributed by atoms with Crippen LogP contribution in [0.2, 0.25) is 0 Å². The second kappa shape index (κ2) is 8.25. The minimum atomic E-state index is -0.746. The van der Waals surface area contributed by atoms with Gasteiger partial charge in [-0.15, -0.1) is 0 Å². The molecule has 1 fully saturated rings. The smallest absolute Gasteiger partial charge is 0.262 e. The molecule has 2 aliphatic rings. The van der Waals surface area contributed by atoms with Crippen LogP contribution in [0.15, 0.2) is 24.3 Å². The number of thioether (sulfide) groups is 1. The standard InChI is InChI=1S/C20H26N2O3S/c1-13-7-3-6-10-16(13)21-18(23)17(11-12-26-2)22-19(24)14-8-4-5-9-15(14)20(22)25/h4-5,8-9,13,16-17H,3,6-7,10-12H2,1-2H3,(H,21,23)/t13-,16+,17+/m0/s1. The largest absolute Gasteiger partial charge is 0.351 e. The second-order valence-corrected chi connectivity index (χ2v) is 8.19. The van der Waals surface area contributed by atoms with Gasteiger partial charge in [0.2, 0.25) is 5.91 Å². The average molecular weight is 375 g/mol. The molecule has 3 amide bonds. The molecular weight excluding hydrogens is 348 g/mol. The molecule has 1 aromatic rings. The van der Waals surface area contributed by atoms with E-state index in [4.69, 9.17) is 0 Å². The summed E-state index contributed by atoms with van der Waals surface area (Å²) in [6.07, 6.45) is 6.80. The number of nitrogens with zero attached hydrogens (tertiary/aromatic N) is 1. The first-order chi connectivity index (χ1) is 12.5. The van der Waals surface area contributed by atoms with Crippen molar-refractivity contribution in [2.24, 2.45) is 5.92 Å². The third-order valence-corrected chi connectivity index (χ3v) is 6.12. The van der Waals surface area contributed by atoms with Crippen molar-refractivity contribution >= 4 is 29.5 Å². The summed E-state index contributed by atoms with van der Waals surface area (Å²) in [5.41, 5.74) is 0.788. The van der Waals surface area contributed by atoms with Crippen LogP contribution in [0.1, 0.15) is 59.7 Å². The minimum Gasteiger partial charge on any atom is -0.351 e. The van der Waals surface area contributed by atoms with Crippen molar-refractivity contribution in [1.82, 2.24) is 10.2 Å². The number of benzene rings is 1. The van der Waals surface area contributed by atoms with Gasteiger partial charge in [0.1, 0.15) is 6.04 Å². The van der Waals surface area contributed by atoms with E-state index < -0.39 is 6.04 Å². The Morgan fingerprint density at radius 2 is 1.81 bits per heavy atom. The van der Waals surface area contributed by atoms with E-state index in [-0.39, 0.29) is 23.8 Å². The van der Waals surface area contributed by atoms with Gasteiger partial charge in [0.25, 0.3) is 11.8 Å². The molecule has 6 heteroatoms. The Kier molecular flexibility index (Phi) is 6.01. The first kappa shape index (κ1) is 19.0. The predicted molar refractivity (Wildman–Crippen MR) is 103 cm³/mol. The summed E-state index contributed by atoms with van der Waals surface area (Å²) >= 11 is 1.61. The summed E-state index contributed by atoms with van der Waals surface area (Å²) < 4.78 is 0. The molecular formula is C20H26N2O3S. The maximum atomic E-state index is 13.0. The molecule has 3 atom stereocenters. The van der Waals surface area contributed by atoms with Crippen molar-refractivity contribution in [3.05, 3.63) is 35.4 Å². The molecule has 1 saturated carbocycles. The van der Waals surface area contributed by atoms with E-state index in [0.717, 1.165) is 19.3 Å². The maximum absolute atomic E-state index is 13.0. The van der Waals surface area contributed by atoms with Gasteiger partial charge in [0.05, 0.1) is 11.1 Å². The van der Waals surface area contributed by atoms with Crippen molar-refractivity contribution in [3.63, 3.8) is 0 Å². The van der Waals surface area contributed by atoms with Crippen molar-refractivity contribution in [1.29, 1.82) is 0 Å². The maximum Gasteiger partial charge on any atom is 0.262 e. The normalized spacial score (nSPS) is 23.7. The number of carbonyl (C=O) groups is 3. The highest BCUT2D eigenvalue weighted by atomic mass is 32.2. The predicted octanol–water partition coefficient (Wildman–Crippen LogP) is 3.10. The van der Waals surface area contributed by atoms with Crippen LogP contribution in [-0.4, -0.2) is 46.7 Å². The zero-order chi connectivity index (χ0) is 18.7. The van der Waals surface area contributed by atoms with E-state index >= 15 is 0 Å². The van der Waals surface area contributed by atoms with E-state index in [1.165, 1.54) is 11.3 Å². The molecule has 0 aromatic heterocycles. The summed E-state index contributed by atoms with van der Waals surface area (Å²) in [6, 6.07) is 6.18. The molecule has 1 N–H and O–H groups in total. The third kappa shape index (κ3) is 3.65. The van der Waals surface area contributed by atoms with Crippen LogP contribution in [0.3, 0.4) is 0 Å². The number of amides is 3. The zero-order valence-electron chi connectivity index (χ0n) is 15.4. The van der Waals surface area contributed by atoms with Crippen LogP contribution in [0, 0.1) is 5.92 Å². The molecule has 0 radical (unpaired) electrons. The van der Waals surface area contributed by atoms with Crippen molar-refractivity contribution in [3.8, 4) is 0 Å². The highest BCUT2D eigenvalue weighted by Gasteiger charge is 2.42. The lowest BCUT2D eigenvalue weighted by molar-refractivity contribution is -0.126. The quantitative estimate of drug-likeness (QED) is 0.777. The van der Waals surface area contributed by atoms with Crippen molar-refractivity contribution in [2.75, 3.05) is 12.0 Å². The van der Waals surface area contributed by atoms with Crippen molar-refractivity contribution in [2.45, 2.75) is 51.1 Å². The minimum absolute atomic E-state index is 0.128.